The zero-order chi connectivity index (χ0) is 28.3. The van der Waals surface area contributed by atoms with Gasteiger partial charge in [-0.15, -0.1) is 0 Å². The minimum atomic E-state index is -0.566. The number of nitrogens with zero attached hydrogens (tertiary/aromatic N) is 4. The van der Waals surface area contributed by atoms with Crippen LogP contribution in [0.15, 0.2) is 46.5 Å². The maximum atomic E-state index is 12.7. The summed E-state index contributed by atoms with van der Waals surface area (Å²) in [6, 6.07) is 12.2. The summed E-state index contributed by atoms with van der Waals surface area (Å²) in [5.74, 6) is 2.01. The predicted octanol–water partition coefficient (Wildman–Crippen LogP) is 6.29. The number of aryl methyl sites for hydroxylation is 1. The number of fused-ring (bicyclic) bond motifs is 1. The SMILES string of the molecule is CCCC(=O)N1N=C(c2ccc3c(c2)CCCN3/C(=N\C(C)C)c2ccc(OC)cc2OC)C(C)(C)SC1=O. The number of methoxy groups -OCH3 is 2. The summed E-state index contributed by atoms with van der Waals surface area (Å²) in [5.41, 5.74) is 4.80. The highest BCUT2D eigenvalue weighted by molar-refractivity contribution is 8.15. The zero-order valence-electron chi connectivity index (χ0n) is 23.9. The molecule has 0 aromatic heterocycles. The molecule has 2 aliphatic heterocycles. The Morgan fingerprint density at radius 1 is 1.15 bits per heavy atom. The van der Waals surface area contributed by atoms with Crippen LogP contribution in [0.25, 0.3) is 0 Å². The number of hydrogen-bond acceptors (Lipinski definition) is 7. The highest BCUT2D eigenvalue weighted by Gasteiger charge is 2.40. The van der Waals surface area contributed by atoms with E-state index < -0.39 is 4.75 Å². The fourth-order valence-corrected chi connectivity index (χ4v) is 5.85. The summed E-state index contributed by atoms with van der Waals surface area (Å²) in [4.78, 5) is 32.6. The van der Waals surface area contributed by atoms with Crippen molar-refractivity contribution in [3.63, 3.8) is 0 Å². The molecule has 0 unspecified atom stereocenters. The van der Waals surface area contributed by atoms with Gasteiger partial charge in [0.1, 0.15) is 17.3 Å². The van der Waals surface area contributed by atoms with Crippen LogP contribution in [-0.2, 0) is 11.2 Å². The van der Waals surface area contributed by atoms with E-state index in [2.05, 4.69) is 36.0 Å². The van der Waals surface area contributed by atoms with E-state index in [4.69, 9.17) is 14.5 Å². The Hall–Kier alpha value is -3.33. The Balaban J connectivity index is 1.78. The number of aliphatic imine (C=N–C) groups is 1. The zero-order valence-corrected chi connectivity index (χ0v) is 24.7. The van der Waals surface area contributed by atoms with Crippen LogP contribution >= 0.6 is 11.8 Å². The summed E-state index contributed by atoms with van der Waals surface area (Å²) in [7, 11) is 3.30. The van der Waals surface area contributed by atoms with Gasteiger partial charge in [-0.2, -0.15) is 10.1 Å². The van der Waals surface area contributed by atoms with Gasteiger partial charge in [-0.3, -0.25) is 14.6 Å². The molecule has 39 heavy (non-hydrogen) atoms. The van der Waals surface area contributed by atoms with Crippen molar-refractivity contribution in [2.24, 2.45) is 10.1 Å². The van der Waals surface area contributed by atoms with Gasteiger partial charge in [0, 0.05) is 30.8 Å². The van der Waals surface area contributed by atoms with Crippen LogP contribution in [0.5, 0.6) is 11.5 Å². The number of ether oxygens (including phenoxy) is 2. The van der Waals surface area contributed by atoms with Gasteiger partial charge in [-0.05, 0) is 94.1 Å². The number of hydrazone groups is 1. The lowest BCUT2D eigenvalue weighted by atomic mass is 9.93. The van der Waals surface area contributed by atoms with Crippen LogP contribution in [0.3, 0.4) is 0 Å². The molecule has 2 aromatic rings. The molecule has 0 saturated carbocycles. The number of rotatable bonds is 7. The molecule has 0 N–H and O–H groups in total. The molecule has 0 bridgehead atoms. The number of carbonyl (C=O) groups is 2. The first kappa shape index (κ1) is 28.7. The molecular weight excluding hydrogens is 512 g/mol. The number of amidine groups is 1. The second kappa shape index (κ2) is 11.8. The molecule has 0 spiro atoms. The van der Waals surface area contributed by atoms with Gasteiger partial charge in [0.15, 0.2) is 0 Å². The number of benzene rings is 2. The van der Waals surface area contributed by atoms with Gasteiger partial charge < -0.3 is 14.4 Å². The molecule has 0 radical (unpaired) electrons. The second-order valence-corrected chi connectivity index (χ2v) is 12.1. The van der Waals surface area contributed by atoms with E-state index in [-0.39, 0.29) is 23.6 Å². The van der Waals surface area contributed by atoms with Crippen LogP contribution in [0.4, 0.5) is 10.5 Å². The highest BCUT2D eigenvalue weighted by Crippen LogP contribution is 2.39. The molecule has 2 aliphatic rings. The lowest BCUT2D eigenvalue weighted by molar-refractivity contribution is -0.127. The van der Waals surface area contributed by atoms with Crippen LogP contribution in [-0.4, -0.2) is 59.3 Å². The van der Waals surface area contributed by atoms with E-state index in [0.717, 1.165) is 70.3 Å². The largest absolute Gasteiger partial charge is 0.497 e. The average molecular weight is 551 g/mol. The standard InChI is InChI=1S/C30H38N4O4S/c1-8-10-26(35)34-29(36)39-30(4,5)27(32-34)21-12-15-24-20(17-21)11-9-16-33(24)28(31-19(2)3)23-14-13-22(37-6)18-25(23)38-7/h12-15,17-19H,8-11,16H2,1-7H3/b31-28-. The van der Waals surface area contributed by atoms with Crippen molar-refractivity contribution in [3.8, 4) is 11.5 Å². The Morgan fingerprint density at radius 2 is 1.92 bits per heavy atom. The smallest absolute Gasteiger partial charge is 0.309 e. The Kier molecular flexibility index (Phi) is 8.69. The lowest BCUT2D eigenvalue weighted by Crippen LogP contribution is -2.43. The Labute approximate surface area is 235 Å². The third kappa shape index (κ3) is 5.98. The summed E-state index contributed by atoms with van der Waals surface area (Å²) in [6.45, 7) is 10.8. The van der Waals surface area contributed by atoms with Crippen molar-refractivity contribution in [3.05, 3.63) is 53.1 Å². The summed E-state index contributed by atoms with van der Waals surface area (Å²) in [6.07, 6.45) is 2.81. The number of anilines is 1. The van der Waals surface area contributed by atoms with Crippen LogP contribution in [0.2, 0.25) is 0 Å². The van der Waals surface area contributed by atoms with E-state index >= 15 is 0 Å². The van der Waals surface area contributed by atoms with E-state index in [0.29, 0.717) is 12.2 Å². The van der Waals surface area contributed by atoms with Crippen molar-refractivity contribution in [1.29, 1.82) is 0 Å². The van der Waals surface area contributed by atoms with Gasteiger partial charge >= 0.3 is 5.24 Å². The third-order valence-electron chi connectivity index (χ3n) is 6.74. The summed E-state index contributed by atoms with van der Waals surface area (Å²) in [5, 5.41) is 5.32. The van der Waals surface area contributed by atoms with Gasteiger partial charge in [0.25, 0.3) is 5.91 Å². The summed E-state index contributed by atoms with van der Waals surface area (Å²) >= 11 is 1.14. The van der Waals surface area contributed by atoms with E-state index in [1.54, 1.807) is 14.2 Å². The molecule has 4 rings (SSSR count). The number of imide groups is 1. The molecular formula is C30H38N4O4S. The van der Waals surface area contributed by atoms with Crippen molar-refractivity contribution in [1.82, 2.24) is 5.01 Å². The van der Waals surface area contributed by atoms with Gasteiger partial charge in [-0.25, -0.2) is 0 Å². The molecule has 0 atom stereocenters. The minimum Gasteiger partial charge on any atom is -0.497 e. The highest BCUT2D eigenvalue weighted by atomic mass is 32.2. The van der Waals surface area contributed by atoms with Crippen LogP contribution in [0, 0.1) is 0 Å². The molecule has 8 nitrogen and oxygen atoms in total. The molecule has 2 amide bonds. The normalized spacial score (nSPS) is 17.2. The average Bonchev–Trinajstić information content (AvgIpc) is 2.90. The van der Waals surface area contributed by atoms with E-state index in [1.165, 1.54) is 5.56 Å². The first-order valence-corrected chi connectivity index (χ1v) is 14.3. The summed E-state index contributed by atoms with van der Waals surface area (Å²) < 4.78 is 10.6. The minimum absolute atomic E-state index is 0.0788. The van der Waals surface area contributed by atoms with Crippen molar-refractivity contribution in [2.45, 2.75) is 71.1 Å². The quantitative estimate of drug-likeness (QED) is 0.298. The Morgan fingerprint density at radius 3 is 2.59 bits per heavy atom. The molecule has 0 fully saturated rings. The first-order chi connectivity index (χ1) is 18.6. The predicted molar refractivity (Wildman–Crippen MR) is 159 cm³/mol. The van der Waals surface area contributed by atoms with Crippen molar-refractivity contribution >= 4 is 40.1 Å². The van der Waals surface area contributed by atoms with E-state index in [1.807, 2.05) is 45.0 Å². The number of carbonyl (C=O) groups excluding carboxylic acids is 2. The molecule has 2 heterocycles. The van der Waals surface area contributed by atoms with Gasteiger partial charge in [-0.1, -0.05) is 13.0 Å². The monoisotopic (exact) mass is 550 g/mol. The number of hydrogen-bond donors (Lipinski definition) is 0. The number of amides is 2. The fraction of sp³-hybridized carbons (Fsp3) is 0.467. The molecule has 2 aromatic carbocycles. The van der Waals surface area contributed by atoms with Crippen molar-refractivity contribution in [2.75, 3.05) is 25.7 Å². The van der Waals surface area contributed by atoms with Crippen molar-refractivity contribution < 1.29 is 19.1 Å². The molecule has 0 aliphatic carbocycles. The first-order valence-electron chi connectivity index (χ1n) is 13.5. The van der Waals surface area contributed by atoms with Gasteiger partial charge in [0.05, 0.1) is 30.2 Å². The van der Waals surface area contributed by atoms with Gasteiger partial charge in [0.2, 0.25) is 0 Å². The second-order valence-electron chi connectivity index (χ2n) is 10.5. The maximum absolute atomic E-state index is 12.7. The fourth-order valence-electron chi connectivity index (χ4n) is 4.93. The Bertz CT molecular complexity index is 1320. The topological polar surface area (TPSA) is 83.8 Å². The molecule has 208 valence electrons. The lowest BCUT2D eigenvalue weighted by Gasteiger charge is -2.35. The number of thioether (sulfide) groups is 1. The van der Waals surface area contributed by atoms with Crippen LogP contribution < -0.4 is 14.4 Å². The van der Waals surface area contributed by atoms with Crippen LogP contribution in [0.1, 0.15) is 70.6 Å². The molecule has 9 heteroatoms. The maximum Gasteiger partial charge on any atom is 0.309 e. The molecule has 0 saturated heterocycles. The van der Waals surface area contributed by atoms with E-state index in [9.17, 15) is 9.59 Å². The third-order valence-corrected chi connectivity index (χ3v) is 7.79.